The summed E-state index contributed by atoms with van der Waals surface area (Å²) in [5.41, 5.74) is 2.07. The van der Waals surface area contributed by atoms with E-state index < -0.39 is 0 Å². The van der Waals surface area contributed by atoms with Crippen LogP contribution >= 0.6 is 11.8 Å². The number of methoxy groups -OCH3 is 3. The maximum atomic E-state index is 6.82. The van der Waals surface area contributed by atoms with Gasteiger partial charge < -0.3 is 14.2 Å². The first kappa shape index (κ1) is 18.8. The fourth-order valence-corrected chi connectivity index (χ4v) is 4.17. The molecule has 140 valence electrons. The monoisotopic (exact) mass is 376 g/mol. The van der Waals surface area contributed by atoms with E-state index in [0.29, 0.717) is 17.2 Å². The van der Waals surface area contributed by atoms with E-state index in [4.69, 9.17) is 26.0 Å². The summed E-state index contributed by atoms with van der Waals surface area (Å²) >= 11 is 6.82. The predicted octanol–water partition coefficient (Wildman–Crippen LogP) is 4.57. The summed E-state index contributed by atoms with van der Waals surface area (Å²) in [7, 11) is 4.85. The van der Waals surface area contributed by atoms with Crippen LogP contribution in [0.3, 0.4) is 0 Å². The van der Waals surface area contributed by atoms with Gasteiger partial charge in [0.05, 0.1) is 27.4 Å². The molecule has 0 aliphatic carbocycles. The van der Waals surface area contributed by atoms with Crippen LogP contribution in [0.4, 0.5) is 0 Å². The van der Waals surface area contributed by atoms with Crippen LogP contribution < -0.4 is 14.2 Å². The van der Waals surface area contributed by atoms with Crippen LogP contribution in [0.1, 0.15) is 43.4 Å². The molecule has 0 spiro atoms. The Labute approximate surface area is 160 Å². The molecule has 26 heavy (non-hydrogen) atoms. The zero-order valence-corrected chi connectivity index (χ0v) is 16.6. The zero-order valence-electron chi connectivity index (χ0n) is 15.8. The third-order valence-electron chi connectivity index (χ3n) is 5.32. The Morgan fingerprint density at radius 2 is 1.58 bits per heavy atom. The third kappa shape index (κ3) is 3.10. The van der Waals surface area contributed by atoms with Gasteiger partial charge in [-0.2, -0.15) is 0 Å². The second kappa shape index (κ2) is 7.33. The second-order valence-corrected chi connectivity index (χ2v) is 7.37. The summed E-state index contributed by atoms with van der Waals surface area (Å²) in [6.45, 7) is 4.34. The van der Waals surface area contributed by atoms with Crippen molar-refractivity contribution in [3.8, 4) is 17.2 Å². The quantitative estimate of drug-likeness (QED) is 0.715. The number of aromatic nitrogens is 1. The van der Waals surface area contributed by atoms with Crippen molar-refractivity contribution in [2.75, 3.05) is 21.3 Å². The van der Waals surface area contributed by atoms with Gasteiger partial charge in [-0.25, -0.2) is 4.42 Å². The second-order valence-electron chi connectivity index (χ2n) is 7.01. The summed E-state index contributed by atoms with van der Waals surface area (Å²) in [5.74, 6) is 2.14. The van der Waals surface area contributed by atoms with Gasteiger partial charge in [0.25, 0.3) is 0 Å². The molecule has 0 unspecified atom stereocenters. The third-order valence-corrected chi connectivity index (χ3v) is 5.99. The lowest BCUT2D eigenvalue weighted by Crippen LogP contribution is -2.36. The van der Waals surface area contributed by atoms with Crippen molar-refractivity contribution >= 4 is 11.8 Å². The van der Waals surface area contributed by atoms with Gasteiger partial charge in [-0.15, -0.1) is 0 Å². The first-order chi connectivity index (χ1) is 12.4. The number of halogens is 1. The topological polar surface area (TPSA) is 43.8 Å². The number of nitrogens with zero attached hydrogens (tertiary/aromatic N) is 2. The molecular formula is C20H25ClN2O3. The molecular weight excluding hydrogens is 352 g/mol. The Kier molecular flexibility index (Phi) is 5.30. The van der Waals surface area contributed by atoms with E-state index in [0.717, 1.165) is 12.0 Å². The molecule has 0 amide bonds. The average molecular weight is 377 g/mol. The van der Waals surface area contributed by atoms with Gasteiger partial charge in [-0.3, -0.25) is 4.98 Å². The fraction of sp³-hybridized carbons (Fsp3) is 0.450. The molecule has 1 aromatic carbocycles. The van der Waals surface area contributed by atoms with Crippen LogP contribution in [0.25, 0.3) is 0 Å². The summed E-state index contributed by atoms with van der Waals surface area (Å²) < 4.78 is 18.4. The lowest BCUT2D eigenvalue weighted by atomic mass is 9.83. The minimum atomic E-state index is -0.214. The molecule has 0 saturated carbocycles. The predicted molar refractivity (Wildman–Crippen MR) is 102 cm³/mol. The molecule has 5 nitrogen and oxygen atoms in total. The van der Waals surface area contributed by atoms with Gasteiger partial charge in [0.15, 0.2) is 11.5 Å². The van der Waals surface area contributed by atoms with Crippen LogP contribution in [-0.2, 0) is 0 Å². The molecule has 3 rings (SSSR count). The van der Waals surface area contributed by atoms with E-state index in [1.165, 1.54) is 5.56 Å². The van der Waals surface area contributed by atoms with Gasteiger partial charge in [0, 0.05) is 23.9 Å². The summed E-state index contributed by atoms with van der Waals surface area (Å²) in [4.78, 5) is 4.13. The maximum Gasteiger partial charge on any atom is 0.203 e. The van der Waals surface area contributed by atoms with Crippen LogP contribution in [0.2, 0.25) is 0 Å². The molecule has 1 aliphatic rings. The molecule has 1 fully saturated rings. The Hall–Kier alpha value is -1.98. The smallest absolute Gasteiger partial charge is 0.203 e. The highest BCUT2D eigenvalue weighted by molar-refractivity contribution is 6.14. The first-order valence-electron chi connectivity index (χ1n) is 8.59. The Morgan fingerprint density at radius 3 is 2.08 bits per heavy atom. The summed E-state index contributed by atoms with van der Waals surface area (Å²) in [6.07, 6.45) is 4.55. The van der Waals surface area contributed by atoms with Crippen molar-refractivity contribution in [2.24, 2.45) is 0 Å². The van der Waals surface area contributed by atoms with Crippen LogP contribution in [0, 0.1) is 0 Å². The van der Waals surface area contributed by atoms with Gasteiger partial charge in [0.1, 0.15) is 0 Å². The number of pyridine rings is 1. The van der Waals surface area contributed by atoms with Crippen molar-refractivity contribution in [3.05, 3.63) is 47.8 Å². The van der Waals surface area contributed by atoms with Crippen LogP contribution in [0.15, 0.2) is 36.7 Å². The van der Waals surface area contributed by atoms with Crippen LogP contribution in [-0.4, -0.2) is 36.3 Å². The molecule has 2 heterocycles. The molecule has 2 atom stereocenters. The highest BCUT2D eigenvalue weighted by Gasteiger charge is 2.48. The van der Waals surface area contributed by atoms with E-state index in [1.807, 2.05) is 28.9 Å². The number of hydrogen-bond acceptors (Lipinski definition) is 5. The molecule has 0 N–H and O–H groups in total. The SMILES string of the molecule is COc1cc([C@H]2C[C@H](c3ccncc3)C(C)(C)N2Cl)cc(OC)c1OC. The van der Waals surface area contributed by atoms with Crippen molar-refractivity contribution in [3.63, 3.8) is 0 Å². The number of rotatable bonds is 5. The molecule has 1 aromatic heterocycles. The lowest BCUT2D eigenvalue weighted by Gasteiger charge is -2.33. The van der Waals surface area contributed by atoms with Crippen molar-refractivity contribution in [1.82, 2.24) is 9.40 Å². The molecule has 6 heteroatoms. The minimum Gasteiger partial charge on any atom is -0.493 e. The van der Waals surface area contributed by atoms with E-state index in [-0.39, 0.29) is 17.5 Å². The van der Waals surface area contributed by atoms with E-state index in [2.05, 4.69) is 31.0 Å². The Morgan fingerprint density at radius 1 is 1.00 bits per heavy atom. The highest BCUT2D eigenvalue weighted by Crippen LogP contribution is 2.53. The van der Waals surface area contributed by atoms with Gasteiger partial charge in [-0.05, 0) is 67.4 Å². The normalized spacial score (nSPS) is 22.2. The number of ether oxygens (including phenoxy) is 3. The van der Waals surface area contributed by atoms with Crippen molar-refractivity contribution in [2.45, 2.75) is 37.8 Å². The van der Waals surface area contributed by atoms with Crippen molar-refractivity contribution < 1.29 is 14.2 Å². The molecule has 2 aromatic rings. The van der Waals surface area contributed by atoms with Gasteiger partial charge in [0.2, 0.25) is 5.75 Å². The molecule has 0 bridgehead atoms. The largest absolute Gasteiger partial charge is 0.493 e. The van der Waals surface area contributed by atoms with E-state index in [1.54, 1.807) is 21.3 Å². The number of benzene rings is 1. The minimum absolute atomic E-state index is 0.0264. The highest BCUT2D eigenvalue weighted by atomic mass is 35.5. The summed E-state index contributed by atoms with van der Waals surface area (Å²) in [5, 5.41) is 0. The Balaban J connectivity index is 2.02. The van der Waals surface area contributed by atoms with Gasteiger partial charge >= 0.3 is 0 Å². The molecule has 1 aliphatic heterocycles. The molecule has 1 saturated heterocycles. The van der Waals surface area contributed by atoms with Gasteiger partial charge in [-0.1, -0.05) is 0 Å². The first-order valence-corrected chi connectivity index (χ1v) is 8.92. The molecule has 0 radical (unpaired) electrons. The Bertz CT molecular complexity index is 742. The maximum absolute atomic E-state index is 6.82. The van der Waals surface area contributed by atoms with Crippen molar-refractivity contribution in [1.29, 1.82) is 0 Å². The van der Waals surface area contributed by atoms with E-state index >= 15 is 0 Å². The van der Waals surface area contributed by atoms with E-state index in [9.17, 15) is 0 Å². The van der Waals surface area contributed by atoms with Crippen LogP contribution in [0.5, 0.6) is 17.2 Å². The fourth-order valence-electron chi connectivity index (χ4n) is 3.86. The number of hydrogen-bond donors (Lipinski definition) is 0. The lowest BCUT2D eigenvalue weighted by molar-refractivity contribution is 0.243. The summed E-state index contributed by atoms with van der Waals surface area (Å²) in [6, 6.07) is 8.11. The zero-order chi connectivity index (χ0) is 18.9. The average Bonchev–Trinajstić information content (AvgIpc) is 2.91. The standard InChI is InChI=1S/C20H25ClN2O3/c1-20(2)15(13-6-8-22-9-7-13)12-16(23(20)21)14-10-17(24-3)19(26-5)18(11-14)25-4/h6-11,15-16H,12H2,1-5H3/t15-,16-/m1/s1.